The van der Waals surface area contributed by atoms with E-state index < -0.39 is 16.8 Å². The fourth-order valence-electron chi connectivity index (χ4n) is 4.41. The van der Waals surface area contributed by atoms with Gasteiger partial charge in [0.1, 0.15) is 23.9 Å². The molecule has 1 amide bonds. The van der Waals surface area contributed by atoms with Crippen LogP contribution >= 0.6 is 0 Å². The highest BCUT2D eigenvalue weighted by molar-refractivity contribution is 5.94. The molecule has 0 radical (unpaired) electrons. The lowest BCUT2D eigenvalue weighted by atomic mass is 10.2. The van der Waals surface area contributed by atoms with E-state index in [1.54, 1.807) is 30.3 Å². The highest BCUT2D eigenvalue weighted by atomic mass is 16.6. The van der Waals surface area contributed by atoms with Crippen LogP contribution in [-0.4, -0.2) is 27.6 Å². The molecular formula is C34H28N4O7. The van der Waals surface area contributed by atoms with Crippen LogP contribution in [0.5, 0.6) is 11.5 Å². The fraction of sp³-hybridized carbons (Fsp3) is 0.0882. The van der Waals surface area contributed by atoms with Crippen molar-refractivity contribution in [3.8, 4) is 17.2 Å². The SMILES string of the molecule is Cc1ccc(C)n1-c1ccc(OCc2ccc(C(=O)N/N=C\c3ccccc3OC(=O)/C=C/c3ccc([N+](=O)[O-])cc3)o2)cc1. The lowest BCUT2D eigenvalue weighted by molar-refractivity contribution is -0.384. The van der Waals surface area contributed by atoms with Crippen LogP contribution in [0.2, 0.25) is 0 Å². The summed E-state index contributed by atoms with van der Waals surface area (Å²) in [5, 5.41) is 14.8. The van der Waals surface area contributed by atoms with Gasteiger partial charge in [0.15, 0.2) is 5.76 Å². The van der Waals surface area contributed by atoms with Gasteiger partial charge in [-0.1, -0.05) is 12.1 Å². The van der Waals surface area contributed by atoms with Gasteiger partial charge in [-0.25, -0.2) is 10.2 Å². The minimum Gasteiger partial charge on any atom is -0.486 e. The number of carbonyl (C=O) groups excluding carboxylic acids is 2. The Balaban J connectivity index is 1.12. The summed E-state index contributed by atoms with van der Waals surface area (Å²) in [6.45, 7) is 4.24. The number of hydrogen-bond acceptors (Lipinski definition) is 8. The van der Waals surface area contributed by atoms with Gasteiger partial charge in [0.05, 0.1) is 11.1 Å². The predicted molar refractivity (Wildman–Crippen MR) is 168 cm³/mol. The number of hydrazone groups is 1. The Morgan fingerprint density at radius 3 is 2.36 bits per heavy atom. The number of hydrogen-bond donors (Lipinski definition) is 1. The number of nitrogens with zero attached hydrogens (tertiary/aromatic N) is 3. The highest BCUT2D eigenvalue weighted by Gasteiger charge is 2.12. The second-order valence-corrected chi connectivity index (χ2v) is 9.84. The number of carbonyl (C=O) groups is 2. The number of rotatable bonds is 11. The van der Waals surface area contributed by atoms with Crippen LogP contribution in [0.4, 0.5) is 5.69 Å². The number of aryl methyl sites for hydroxylation is 2. The molecule has 0 aliphatic carbocycles. The number of para-hydroxylation sites is 1. The van der Waals surface area contributed by atoms with E-state index in [1.807, 2.05) is 24.3 Å². The number of non-ortho nitro benzene ring substituents is 1. The van der Waals surface area contributed by atoms with E-state index in [4.69, 9.17) is 13.9 Å². The summed E-state index contributed by atoms with van der Waals surface area (Å²) in [6, 6.07) is 27.4. The topological polar surface area (TPSA) is 138 Å². The Bertz CT molecular complexity index is 1860. The first kappa shape index (κ1) is 30.2. The zero-order valence-electron chi connectivity index (χ0n) is 24.4. The lowest BCUT2D eigenvalue weighted by Gasteiger charge is -2.10. The summed E-state index contributed by atoms with van der Waals surface area (Å²) in [5.74, 6) is 0.165. The molecule has 0 saturated carbocycles. The maximum absolute atomic E-state index is 12.6. The predicted octanol–water partition coefficient (Wildman–Crippen LogP) is 6.56. The molecule has 5 aromatic rings. The fourth-order valence-corrected chi connectivity index (χ4v) is 4.41. The van der Waals surface area contributed by atoms with E-state index >= 15 is 0 Å². The van der Waals surface area contributed by atoms with Gasteiger partial charge < -0.3 is 18.5 Å². The monoisotopic (exact) mass is 604 g/mol. The third-order valence-electron chi connectivity index (χ3n) is 6.65. The van der Waals surface area contributed by atoms with Crippen LogP contribution in [0.3, 0.4) is 0 Å². The molecule has 226 valence electrons. The maximum Gasteiger partial charge on any atom is 0.336 e. The molecule has 0 bridgehead atoms. The zero-order chi connectivity index (χ0) is 31.8. The van der Waals surface area contributed by atoms with Crippen LogP contribution in [0, 0.1) is 24.0 Å². The molecule has 0 saturated heterocycles. The lowest BCUT2D eigenvalue weighted by Crippen LogP contribution is -2.17. The number of furan rings is 1. The molecule has 0 atom stereocenters. The van der Waals surface area contributed by atoms with E-state index in [-0.39, 0.29) is 23.8 Å². The summed E-state index contributed by atoms with van der Waals surface area (Å²) >= 11 is 0. The number of benzene rings is 3. The van der Waals surface area contributed by atoms with Gasteiger partial charge in [-0.05, 0) is 98.3 Å². The summed E-state index contributed by atoms with van der Waals surface area (Å²) < 4.78 is 19.0. The van der Waals surface area contributed by atoms with Crippen molar-refractivity contribution in [2.75, 3.05) is 0 Å². The highest BCUT2D eigenvalue weighted by Crippen LogP contribution is 2.21. The molecular weight excluding hydrogens is 576 g/mol. The van der Waals surface area contributed by atoms with Crippen molar-refractivity contribution in [2.24, 2.45) is 5.10 Å². The number of nitro benzene ring substituents is 1. The molecule has 0 unspecified atom stereocenters. The summed E-state index contributed by atoms with van der Waals surface area (Å²) in [4.78, 5) is 35.2. The van der Waals surface area contributed by atoms with Crippen molar-refractivity contribution in [1.82, 2.24) is 9.99 Å². The Hall–Kier alpha value is -6.23. The van der Waals surface area contributed by atoms with E-state index in [9.17, 15) is 19.7 Å². The first-order chi connectivity index (χ1) is 21.8. The van der Waals surface area contributed by atoms with Gasteiger partial charge in [-0.15, -0.1) is 0 Å². The summed E-state index contributed by atoms with van der Waals surface area (Å²) in [5.41, 5.74) is 6.71. The third kappa shape index (κ3) is 7.79. The summed E-state index contributed by atoms with van der Waals surface area (Å²) in [6.07, 6.45) is 4.03. The minimum absolute atomic E-state index is 0.0486. The molecule has 5 rings (SSSR count). The third-order valence-corrected chi connectivity index (χ3v) is 6.65. The Kier molecular flexibility index (Phi) is 9.29. The molecule has 0 spiro atoms. The normalized spacial score (nSPS) is 11.2. The maximum atomic E-state index is 12.6. The van der Waals surface area contributed by atoms with Crippen LogP contribution in [0.15, 0.2) is 113 Å². The van der Waals surface area contributed by atoms with Crippen LogP contribution < -0.4 is 14.9 Å². The number of nitrogens with one attached hydrogen (secondary N) is 1. The number of amides is 1. The van der Waals surface area contributed by atoms with Crippen molar-refractivity contribution in [1.29, 1.82) is 0 Å². The van der Waals surface area contributed by atoms with Gasteiger partial charge in [0.25, 0.3) is 5.69 Å². The van der Waals surface area contributed by atoms with Crippen LogP contribution in [0.1, 0.15) is 38.8 Å². The van der Waals surface area contributed by atoms with Gasteiger partial charge >= 0.3 is 11.9 Å². The first-order valence-electron chi connectivity index (χ1n) is 13.8. The van der Waals surface area contributed by atoms with E-state index in [0.29, 0.717) is 22.6 Å². The minimum atomic E-state index is -0.661. The quantitative estimate of drug-likeness (QED) is 0.0450. The standard InChI is InChI=1S/C34H28N4O7/c1-23-7-8-24(2)37(23)27-14-16-29(17-15-27)43-22-30-18-19-32(44-30)34(40)36-35-21-26-5-3-4-6-31(26)45-33(39)20-11-25-9-12-28(13-10-25)38(41)42/h3-21H,22H2,1-2H3,(H,36,40)/b20-11+,35-21-. The van der Waals surface area contributed by atoms with Gasteiger partial charge in [-0.3, -0.25) is 14.9 Å². The Morgan fingerprint density at radius 2 is 1.64 bits per heavy atom. The molecule has 0 aliphatic heterocycles. The van der Waals surface area contributed by atoms with E-state index in [2.05, 4.69) is 41.1 Å². The molecule has 45 heavy (non-hydrogen) atoms. The smallest absolute Gasteiger partial charge is 0.336 e. The van der Waals surface area contributed by atoms with Gasteiger partial charge in [0, 0.05) is 40.8 Å². The molecule has 1 N–H and O–H groups in total. The average Bonchev–Trinajstić information content (AvgIpc) is 3.66. The van der Waals surface area contributed by atoms with Crippen molar-refractivity contribution < 1.29 is 28.4 Å². The number of nitro groups is 1. The average molecular weight is 605 g/mol. The van der Waals surface area contributed by atoms with Crippen molar-refractivity contribution in [2.45, 2.75) is 20.5 Å². The van der Waals surface area contributed by atoms with E-state index in [0.717, 1.165) is 17.1 Å². The molecule has 2 aromatic heterocycles. The van der Waals surface area contributed by atoms with Gasteiger partial charge in [0.2, 0.25) is 0 Å². The van der Waals surface area contributed by atoms with Crippen molar-refractivity contribution in [3.05, 3.63) is 147 Å². The Morgan fingerprint density at radius 1 is 0.933 bits per heavy atom. The van der Waals surface area contributed by atoms with Crippen molar-refractivity contribution in [3.63, 3.8) is 0 Å². The Labute approximate surface area is 258 Å². The second-order valence-electron chi connectivity index (χ2n) is 9.84. The molecule has 2 heterocycles. The molecule has 0 fully saturated rings. The second kappa shape index (κ2) is 13.8. The first-order valence-corrected chi connectivity index (χ1v) is 13.8. The molecule has 11 heteroatoms. The molecule has 3 aromatic carbocycles. The van der Waals surface area contributed by atoms with Crippen LogP contribution in [-0.2, 0) is 11.4 Å². The van der Waals surface area contributed by atoms with Crippen LogP contribution in [0.25, 0.3) is 11.8 Å². The number of esters is 1. The number of ether oxygens (including phenoxy) is 2. The largest absolute Gasteiger partial charge is 0.486 e. The number of aromatic nitrogens is 1. The van der Waals surface area contributed by atoms with E-state index in [1.165, 1.54) is 48.7 Å². The van der Waals surface area contributed by atoms with Crippen molar-refractivity contribution >= 4 is 29.9 Å². The van der Waals surface area contributed by atoms with Gasteiger partial charge in [-0.2, -0.15) is 5.10 Å². The zero-order valence-corrected chi connectivity index (χ0v) is 24.4. The molecule has 0 aliphatic rings. The summed E-state index contributed by atoms with van der Waals surface area (Å²) in [7, 11) is 0. The molecule has 11 nitrogen and oxygen atoms in total.